The van der Waals surface area contributed by atoms with E-state index in [0.29, 0.717) is 22.0 Å². The lowest BCUT2D eigenvalue weighted by molar-refractivity contribution is -0.115. The number of hydrogen-bond acceptors (Lipinski definition) is 4. The largest absolute Gasteiger partial charge is 0.497 e. The summed E-state index contributed by atoms with van der Waals surface area (Å²) in [5.41, 5.74) is 1.38. The lowest BCUT2D eigenvalue weighted by Crippen LogP contribution is -2.24. The molecule has 0 unspecified atom stereocenters. The Hall–Kier alpha value is -2.66. The lowest BCUT2D eigenvalue weighted by Gasteiger charge is -2.20. The van der Waals surface area contributed by atoms with Crippen molar-refractivity contribution in [3.05, 3.63) is 53.6 Å². The van der Waals surface area contributed by atoms with Crippen LogP contribution in [0.3, 0.4) is 0 Å². The van der Waals surface area contributed by atoms with Crippen molar-refractivity contribution in [3.63, 3.8) is 0 Å². The van der Waals surface area contributed by atoms with Crippen LogP contribution in [0.4, 0.5) is 11.5 Å². The molecule has 3 rings (SSSR count). The number of nitrogens with zero attached hydrogens (tertiary/aromatic N) is 3. The highest BCUT2D eigenvalue weighted by Crippen LogP contribution is 2.28. The molecule has 0 N–H and O–H groups in total. The molecule has 23 heavy (non-hydrogen) atoms. The van der Waals surface area contributed by atoms with Crippen LogP contribution in [0.15, 0.2) is 48.5 Å². The van der Waals surface area contributed by atoms with Gasteiger partial charge in [-0.1, -0.05) is 17.7 Å². The summed E-state index contributed by atoms with van der Waals surface area (Å²) in [7, 11) is 1.59. The first kappa shape index (κ1) is 15.2. The molecule has 0 atom stereocenters. The second-order valence-electron chi connectivity index (χ2n) is 4.96. The van der Waals surface area contributed by atoms with Gasteiger partial charge in [0.1, 0.15) is 5.75 Å². The normalized spacial score (nSPS) is 10.6. The first-order valence-corrected chi connectivity index (χ1v) is 7.34. The minimum atomic E-state index is -0.155. The zero-order chi connectivity index (χ0) is 16.4. The van der Waals surface area contributed by atoms with Gasteiger partial charge in [-0.25, -0.2) is 0 Å². The summed E-state index contributed by atoms with van der Waals surface area (Å²) in [6.07, 6.45) is 0. The fraction of sp³-hybridized carbons (Fsp3) is 0.118. The Morgan fingerprint density at radius 1 is 1.09 bits per heavy atom. The standard InChI is InChI=1S/C17H14ClN3O2/c1-11(22)21(14-5-7-15(23-2)8-6-14)17-9-12-3-4-13(18)10-16(12)19-20-17/h3-10H,1-2H3. The highest BCUT2D eigenvalue weighted by atomic mass is 35.5. The number of amides is 1. The van der Waals surface area contributed by atoms with Gasteiger partial charge in [0.05, 0.1) is 18.3 Å². The molecule has 116 valence electrons. The molecule has 5 nitrogen and oxygen atoms in total. The van der Waals surface area contributed by atoms with Gasteiger partial charge in [-0.05, 0) is 42.5 Å². The van der Waals surface area contributed by atoms with E-state index < -0.39 is 0 Å². The molecule has 0 radical (unpaired) electrons. The molecule has 0 aliphatic heterocycles. The highest BCUT2D eigenvalue weighted by Gasteiger charge is 2.16. The summed E-state index contributed by atoms with van der Waals surface area (Å²) in [5, 5.41) is 9.76. The van der Waals surface area contributed by atoms with Gasteiger partial charge in [0.2, 0.25) is 5.91 Å². The van der Waals surface area contributed by atoms with Crippen molar-refractivity contribution in [2.24, 2.45) is 0 Å². The summed E-state index contributed by atoms with van der Waals surface area (Å²) >= 11 is 5.95. The minimum Gasteiger partial charge on any atom is -0.497 e. The van der Waals surface area contributed by atoms with Crippen molar-refractivity contribution in [2.45, 2.75) is 6.92 Å². The Morgan fingerprint density at radius 3 is 2.48 bits per heavy atom. The van der Waals surface area contributed by atoms with Gasteiger partial charge in [0.25, 0.3) is 0 Å². The van der Waals surface area contributed by atoms with Crippen LogP contribution in [0.5, 0.6) is 5.75 Å². The molecule has 1 aromatic heterocycles. The monoisotopic (exact) mass is 327 g/mol. The molecule has 3 aromatic rings. The molecular weight excluding hydrogens is 314 g/mol. The third-order valence-electron chi connectivity index (χ3n) is 3.41. The number of rotatable bonds is 3. The number of carbonyl (C=O) groups excluding carboxylic acids is 1. The van der Waals surface area contributed by atoms with E-state index in [1.54, 1.807) is 43.5 Å². The molecule has 0 spiro atoms. The zero-order valence-electron chi connectivity index (χ0n) is 12.7. The van der Waals surface area contributed by atoms with E-state index in [1.807, 2.05) is 12.1 Å². The molecule has 0 bridgehead atoms. The molecule has 6 heteroatoms. The summed E-state index contributed by atoms with van der Waals surface area (Å²) in [6, 6.07) is 14.4. The molecule has 0 aliphatic carbocycles. The number of hydrogen-bond donors (Lipinski definition) is 0. The van der Waals surface area contributed by atoms with Gasteiger partial charge in [-0.2, -0.15) is 0 Å². The van der Waals surface area contributed by atoms with Crippen molar-refractivity contribution in [1.82, 2.24) is 10.2 Å². The van der Waals surface area contributed by atoms with Crippen molar-refractivity contribution in [1.29, 1.82) is 0 Å². The van der Waals surface area contributed by atoms with E-state index >= 15 is 0 Å². The van der Waals surface area contributed by atoms with E-state index in [1.165, 1.54) is 11.8 Å². The van der Waals surface area contributed by atoms with Gasteiger partial charge in [0, 0.05) is 17.3 Å². The fourth-order valence-electron chi connectivity index (χ4n) is 2.31. The molecular formula is C17H14ClN3O2. The highest BCUT2D eigenvalue weighted by molar-refractivity contribution is 6.31. The number of anilines is 2. The van der Waals surface area contributed by atoms with Crippen molar-refractivity contribution >= 4 is 39.9 Å². The lowest BCUT2D eigenvalue weighted by atomic mass is 10.2. The Labute approximate surface area is 138 Å². The van der Waals surface area contributed by atoms with Crippen LogP contribution in [0, 0.1) is 0 Å². The molecule has 0 aliphatic rings. The Kier molecular flexibility index (Phi) is 4.12. The van der Waals surface area contributed by atoms with E-state index in [2.05, 4.69) is 10.2 Å². The SMILES string of the molecule is COc1ccc(N(C(C)=O)c2cc3ccc(Cl)cc3nn2)cc1. The number of ether oxygens (including phenoxy) is 1. The Bertz CT molecular complexity index is 865. The van der Waals surface area contributed by atoms with Crippen molar-refractivity contribution < 1.29 is 9.53 Å². The average Bonchev–Trinajstić information content (AvgIpc) is 2.55. The maximum atomic E-state index is 12.1. The maximum absolute atomic E-state index is 12.1. The van der Waals surface area contributed by atoms with Crippen LogP contribution in [0.2, 0.25) is 5.02 Å². The summed E-state index contributed by atoms with van der Waals surface area (Å²) in [6.45, 7) is 1.48. The van der Waals surface area contributed by atoms with E-state index in [9.17, 15) is 4.79 Å². The Balaban J connectivity index is 2.06. The molecule has 0 saturated heterocycles. The first-order chi connectivity index (χ1) is 11.1. The average molecular weight is 328 g/mol. The Morgan fingerprint density at radius 2 is 1.83 bits per heavy atom. The van der Waals surface area contributed by atoms with Gasteiger partial charge < -0.3 is 4.74 Å². The smallest absolute Gasteiger partial charge is 0.229 e. The third-order valence-corrected chi connectivity index (χ3v) is 3.65. The predicted molar refractivity (Wildman–Crippen MR) is 90.4 cm³/mol. The summed E-state index contributed by atoms with van der Waals surface area (Å²) < 4.78 is 5.14. The molecule has 0 saturated carbocycles. The van der Waals surface area contributed by atoms with E-state index in [0.717, 1.165) is 11.1 Å². The summed E-state index contributed by atoms with van der Waals surface area (Å²) in [4.78, 5) is 13.6. The first-order valence-electron chi connectivity index (χ1n) is 6.96. The molecule has 1 amide bonds. The number of methoxy groups -OCH3 is 1. The topological polar surface area (TPSA) is 55.3 Å². The quantitative estimate of drug-likeness (QED) is 0.730. The van der Waals surface area contributed by atoms with Crippen LogP contribution < -0.4 is 9.64 Å². The predicted octanol–water partition coefficient (Wildman–Crippen LogP) is 3.98. The second kappa shape index (κ2) is 6.22. The zero-order valence-corrected chi connectivity index (χ0v) is 13.4. The summed E-state index contributed by atoms with van der Waals surface area (Å²) in [5.74, 6) is 1.02. The van der Waals surface area contributed by atoms with Crippen molar-refractivity contribution in [2.75, 3.05) is 12.0 Å². The molecule has 2 aromatic carbocycles. The fourth-order valence-corrected chi connectivity index (χ4v) is 2.48. The van der Waals surface area contributed by atoms with Gasteiger partial charge >= 0.3 is 0 Å². The second-order valence-corrected chi connectivity index (χ2v) is 5.39. The number of aromatic nitrogens is 2. The van der Waals surface area contributed by atoms with Crippen molar-refractivity contribution in [3.8, 4) is 5.75 Å². The van der Waals surface area contributed by atoms with Gasteiger partial charge in [-0.15, -0.1) is 10.2 Å². The van der Waals surface area contributed by atoms with E-state index in [-0.39, 0.29) is 5.91 Å². The van der Waals surface area contributed by atoms with Crippen LogP contribution in [0.25, 0.3) is 10.9 Å². The maximum Gasteiger partial charge on any atom is 0.229 e. The van der Waals surface area contributed by atoms with Crippen LogP contribution >= 0.6 is 11.6 Å². The third kappa shape index (κ3) is 3.10. The minimum absolute atomic E-state index is 0.155. The number of fused-ring (bicyclic) bond motifs is 1. The van der Waals surface area contributed by atoms with Crippen LogP contribution in [0.1, 0.15) is 6.92 Å². The molecule has 0 fully saturated rings. The van der Waals surface area contributed by atoms with Gasteiger partial charge in [-0.3, -0.25) is 9.69 Å². The van der Waals surface area contributed by atoms with Crippen LogP contribution in [-0.2, 0) is 4.79 Å². The number of benzene rings is 2. The van der Waals surface area contributed by atoms with Gasteiger partial charge in [0.15, 0.2) is 5.82 Å². The number of halogens is 1. The van der Waals surface area contributed by atoms with Crippen LogP contribution in [-0.4, -0.2) is 23.2 Å². The molecule has 1 heterocycles. The van der Waals surface area contributed by atoms with E-state index in [4.69, 9.17) is 16.3 Å². The number of carbonyl (C=O) groups is 1.